The zero-order valence-electron chi connectivity index (χ0n) is 17.1. The maximum atomic E-state index is 10.4. The minimum atomic E-state index is -0.866. The van der Waals surface area contributed by atoms with Crippen molar-refractivity contribution >= 4 is 5.97 Å². The van der Waals surface area contributed by atoms with E-state index in [1.54, 1.807) is 6.08 Å². The highest BCUT2D eigenvalue weighted by molar-refractivity contribution is 5.66. The van der Waals surface area contributed by atoms with Crippen LogP contribution in [-0.4, -0.2) is 56.9 Å². The van der Waals surface area contributed by atoms with Crippen LogP contribution in [0, 0.1) is 0 Å². The Hall–Kier alpha value is -1.21. The average Bonchev–Trinajstić information content (AvgIpc) is 3.03. The van der Waals surface area contributed by atoms with Gasteiger partial charge in [0.05, 0.1) is 30.5 Å². The van der Waals surface area contributed by atoms with Crippen LogP contribution in [0.2, 0.25) is 0 Å². The molecular formula is C22H38O6. The number of hydrogen-bond donors (Lipinski definition) is 4. The molecule has 0 bridgehead atoms. The molecule has 6 nitrogen and oxygen atoms in total. The predicted molar refractivity (Wildman–Crippen MR) is 109 cm³/mol. The van der Waals surface area contributed by atoms with Crippen LogP contribution in [-0.2, 0) is 9.53 Å². The molecule has 1 rings (SSSR count). The minimum absolute atomic E-state index is 0.154. The summed E-state index contributed by atoms with van der Waals surface area (Å²) in [5.74, 6) is -0.799. The summed E-state index contributed by atoms with van der Waals surface area (Å²) in [5, 5.41) is 38.9. The van der Waals surface area contributed by atoms with Gasteiger partial charge in [-0.15, -0.1) is 0 Å². The zero-order chi connectivity index (χ0) is 20.8. The van der Waals surface area contributed by atoms with Crippen molar-refractivity contribution in [2.24, 2.45) is 0 Å². The van der Waals surface area contributed by atoms with Gasteiger partial charge in [0.2, 0.25) is 0 Å². The standard InChI is InChI=1S/C22H38O6/c1-2-3-4-5-6-9-12-20-19(25)16-21(28-20)18(24)15-14-17(23)11-8-7-10-13-22(26)27/h6,9,14-15,17-21,23-25H,2-5,7-8,10-13,16H2,1H3,(H,26,27)/b9-6-,15-14+/t17-,18-,19+,20-,21-/m0/s1. The second-order valence-corrected chi connectivity index (χ2v) is 7.65. The van der Waals surface area contributed by atoms with Crippen LogP contribution in [0.4, 0.5) is 0 Å². The molecule has 0 aromatic heterocycles. The molecule has 5 atom stereocenters. The first-order chi connectivity index (χ1) is 13.4. The van der Waals surface area contributed by atoms with E-state index in [0.717, 1.165) is 19.3 Å². The lowest BCUT2D eigenvalue weighted by molar-refractivity contribution is -0.137. The van der Waals surface area contributed by atoms with Crippen molar-refractivity contribution in [3.8, 4) is 0 Å². The molecule has 0 unspecified atom stereocenters. The van der Waals surface area contributed by atoms with Crippen molar-refractivity contribution in [3.63, 3.8) is 0 Å². The number of unbranched alkanes of at least 4 members (excludes halogenated alkanes) is 5. The van der Waals surface area contributed by atoms with Gasteiger partial charge in [-0.2, -0.15) is 0 Å². The van der Waals surface area contributed by atoms with E-state index in [-0.39, 0.29) is 12.5 Å². The molecule has 4 N–H and O–H groups in total. The van der Waals surface area contributed by atoms with E-state index in [9.17, 15) is 20.1 Å². The van der Waals surface area contributed by atoms with Crippen molar-refractivity contribution < 1.29 is 30.0 Å². The fraction of sp³-hybridized carbons (Fsp3) is 0.773. The zero-order valence-corrected chi connectivity index (χ0v) is 17.1. The number of aliphatic hydroxyl groups is 3. The first kappa shape index (κ1) is 24.8. The van der Waals surface area contributed by atoms with Gasteiger partial charge in [0, 0.05) is 12.8 Å². The molecule has 1 fully saturated rings. The van der Waals surface area contributed by atoms with E-state index >= 15 is 0 Å². The Morgan fingerprint density at radius 3 is 2.61 bits per heavy atom. The van der Waals surface area contributed by atoms with Gasteiger partial charge in [0.1, 0.15) is 0 Å². The lowest BCUT2D eigenvalue weighted by Gasteiger charge is -2.16. The summed E-state index contributed by atoms with van der Waals surface area (Å²) in [6, 6.07) is 0. The predicted octanol–water partition coefficient (Wildman–Crippen LogP) is 3.34. The van der Waals surface area contributed by atoms with Crippen LogP contribution in [0.3, 0.4) is 0 Å². The normalized spacial score (nSPS) is 24.9. The van der Waals surface area contributed by atoms with E-state index < -0.39 is 30.4 Å². The van der Waals surface area contributed by atoms with Crippen LogP contribution in [0.15, 0.2) is 24.3 Å². The second kappa shape index (κ2) is 14.7. The molecule has 0 amide bonds. The largest absolute Gasteiger partial charge is 0.481 e. The number of allylic oxidation sites excluding steroid dienone is 1. The number of hydrogen-bond acceptors (Lipinski definition) is 5. The van der Waals surface area contributed by atoms with Gasteiger partial charge in [-0.05, 0) is 32.1 Å². The maximum Gasteiger partial charge on any atom is 0.303 e. The van der Waals surface area contributed by atoms with Crippen LogP contribution >= 0.6 is 0 Å². The molecule has 0 radical (unpaired) electrons. The summed E-state index contributed by atoms with van der Waals surface area (Å²) >= 11 is 0. The Kier molecular flexibility index (Phi) is 13.1. The Balaban J connectivity index is 2.25. The van der Waals surface area contributed by atoms with Gasteiger partial charge in [-0.25, -0.2) is 0 Å². The van der Waals surface area contributed by atoms with Crippen molar-refractivity contribution in [1.82, 2.24) is 0 Å². The Bertz CT molecular complexity index is 476. The summed E-state index contributed by atoms with van der Waals surface area (Å²) in [7, 11) is 0. The first-order valence-electron chi connectivity index (χ1n) is 10.7. The van der Waals surface area contributed by atoms with Gasteiger partial charge in [0.15, 0.2) is 0 Å². The molecule has 0 aromatic carbocycles. The van der Waals surface area contributed by atoms with Gasteiger partial charge >= 0.3 is 5.97 Å². The van der Waals surface area contributed by atoms with E-state index in [0.29, 0.717) is 25.7 Å². The fourth-order valence-electron chi connectivity index (χ4n) is 3.32. The number of carboxylic acid groups (broad SMARTS) is 1. The fourth-order valence-corrected chi connectivity index (χ4v) is 3.32. The summed E-state index contributed by atoms with van der Waals surface area (Å²) in [6.45, 7) is 2.17. The Labute approximate surface area is 168 Å². The molecule has 0 aromatic rings. The SMILES string of the molecule is CCCCC/C=C\C[C@@H]1O[C@H]([C@@H](O)/C=C/[C@@H](O)CCCCCC(=O)O)C[C@H]1O. The topological polar surface area (TPSA) is 107 Å². The minimum Gasteiger partial charge on any atom is -0.481 e. The molecule has 1 saturated heterocycles. The van der Waals surface area contributed by atoms with E-state index in [1.165, 1.54) is 25.3 Å². The van der Waals surface area contributed by atoms with E-state index in [2.05, 4.69) is 13.0 Å². The first-order valence-corrected chi connectivity index (χ1v) is 10.7. The highest BCUT2D eigenvalue weighted by Crippen LogP contribution is 2.26. The molecule has 0 saturated carbocycles. The third-order valence-electron chi connectivity index (χ3n) is 5.06. The highest BCUT2D eigenvalue weighted by atomic mass is 16.5. The molecule has 28 heavy (non-hydrogen) atoms. The van der Waals surface area contributed by atoms with Crippen LogP contribution < -0.4 is 0 Å². The van der Waals surface area contributed by atoms with Gasteiger partial charge < -0.3 is 25.2 Å². The second-order valence-electron chi connectivity index (χ2n) is 7.65. The smallest absolute Gasteiger partial charge is 0.303 e. The summed E-state index contributed by atoms with van der Waals surface area (Å²) in [5.41, 5.74) is 0. The average molecular weight is 399 g/mol. The summed E-state index contributed by atoms with van der Waals surface area (Å²) in [4.78, 5) is 10.4. The monoisotopic (exact) mass is 398 g/mol. The number of carboxylic acids is 1. The maximum absolute atomic E-state index is 10.4. The van der Waals surface area contributed by atoms with Crippen LogP contribution in [0.25, 0.3) is 0 Å². The van der Waals surface area contributed by atoms with Gasteiger partial charge in [-0.1, -0.05) is 56.9 Å². The number of aliphatic carboxylic acids is 1. The van der Waals surface area contributed by atoms with Crippen LogP contribution in [0.5, 0.6) is 0 Å². The molecule has 162 valence electrons. The van der Waals surface area contributed by atoms with Gasteiger partial charge in [-0.3, -0.25) is 4.79 Å². The number of rotatable bonds is 15. The van der Waals surface area contributed by atoms with E-state index in [4.69, 9.17) is 9.84 Å². The Morgan fingerprint density at radius 2 is 1.89 bits per heavy atom. The third kappa shape index (κ3) is 11.0. The van der Waals surface area contributed by atoms with Crippen LogP contribution in [0.1, 0.15) is 77.6 Å². The van der Waals surface area contributed by atoms with E-state index in [1.807, 2.05) is 6.08 Å². The summed E-state index contributed by atoms with van der Waals surface area (Å²) < 4.78 is 5.79. The molecule has 1 aliphatic rings. The number of carbonyl (C=O) groups is 1. The lowest BCUT2D eigenvalue weighted by Crippen LogP contribution is -2.24. The van der Waals surface area contributed by atoms with Crippen molar-refractivity contribution in [2.45, 2.75) is 108 Å². The Morgan fingerprint density at radius 1 is 1.11 bits per heavy atom. The number of ether oxygens (including phenoxy) is 1. The number of aliphatic hydroxyl groups excluding tert-OH is 3. The van der Waals surface area contributed by atoms with Crippen molar-refractivity contribution in [3.05, 3.63) is 24.3 Å². The highest BCUT2D eigenvalue weighted by Gasteiger charge is 2.36. The molecule has 1 heterocycles. The van der Waals surface area contributed by atoms with Gasteiger partial charge in [0.25, 0.3) is 0 Å². The van der Waals surface area contributed by atoms with Crippen molar-refractivity contribution in [1.29, 1.82) is 0 Å². The quantitative estimate of drug-likeness (QED) is 0.249. The lowest BCUT2D eigenvalue weighted by atomic mass is 10.0. The molecule has 0 aliphatic carbocycles. The third-order valence-corrected chi connectivity index (χ3v) is 5.06. The molecule has 0 spiro atoms. The summed E-state index contributed by atoms with van der Waals surface area (Å²) in [6.07, 6.45) is 12.8. The van der Waals surface area contributed by atoms with Crippen molar-refractivity contribution in [2.75, 3.05) is 0 Å². The molecular weight excluding hydrogens is 360 g/mol. The molecule has 1 aliphatic heterocycles. The molecule has 6 heteroatoms.